The molecule has 1 aliphatic heterocycles. The Kier molecular flexibility index (Phi) is 4.61. The Labute approximate surface area is 113 Å². The quantitative estimate of drug-likeness (QED) is 0.897. The van der Waals surface area contributed by atoms with E-state index in [1.807, 2.05) is 0 Å². The largest absolute Gasteiger partial charge is 0.302 e. The second kappa shape index (κ2) is 6.02. The lowest BCUT2D eigenvalue weighted by atomic mass is 10.4. The molecule has 0 bridgehead atoms. The first-order chi connectivity index (χ1) is 8.59. The highest BCUT2D eigenvalue weighted by atomic mass is 35.5. The van der Waals surface area contributed by atoms with Gasteiger partial charge < -0.3 is 4.90 Å². The Bertz CT molecular complexity index is 499. The van der Waals surface area contributed by atoms with Crippen LogP contribution < -0.4 is 4.72 Å². The standard InChI is InChI=1S/C12H17ClN2O2S/c13-11-5-1-2-6-12(11)18(16,17)14-7-10-15-8-3-4-9-15/h1-2,5-6,14H,3-4,7-10H2. The van der Waals surface area contributed by atoms with Crippen molar-refractivity contribution in [3.05, 3.63) is 29.3 Å². The molecule has 1 heterocycles. The predicted molar refractivity (Wildman–Crippen MR) is 72.3 cm³/mol. The van der Waals surface area contributed by atoms with E-state index in [1.165, 1.54) is 18.9 Å². The second-order valence-electron chi connectivity index (χ2n) is 4.38. The highest BCUT2D eigenvalue weighted by Crippen LogP contribution is 2.19. The van der Waals surface area contributed by atoms with E-state index in [4.69, 9.17) is 11.6 Å². The molecule has 0 saturated carbocycles. The molecule has 1 aromatic rings. The zero-order valence-electron chi connectivity index (χ0n) is 10.1. The zero-order valence-corrected chi connectivity index (χ0v) is 11.7. The van der Waals surface area contributed by atoms with E-state index in [0.717, 1.165) is 19.6 Å². The molecule has 0 unspecified atom stereocenters. The number of sulfonamides is 1. The van der Waals surface area contributed by atoms with Crippen LogP contribution in [0, 0.1) is 0 Å². The Balaban J connectivity index is 1.93. The molecule has 4 nitrogen and oxygen atoms in total. The number of rotatable bonds is 5. The molecule has 100 valence electrons. The van der Waals surface area contributed by atoms with Crippen molar-refractivity contribution < 1.29 is 8.42 Å². The van der Waals surface area contributed by atoms with Gasteiger partial charge in [-0.3, -0.25) is 0 Å². The SMILES string of the molecule is O=S(=O)(NCCN1CCCC1)c1ccccc1Cl. The van der Waals surface area contributed by atoms with Crippen molar-refractivity contribution in [2.24, 2.45) is 0 Å². The van der Waals surface area contributed by atoms with Gasteiger partial charge in [-0.1, -0.05) is 23.7 Å². The Morgan fingerprint density at radius 3 is 2.56 bits per heavy atom. The molecule has 6 heteroatoms. The first-order valence-corrected chi connectivity index (χ1v) is 7.92. The fourth-order valence-electron chi connectivity index (χ4n) is 2.08. The van der Waals surface area contributed by atoms with Crippen molar-refractivity contribution in [2.75, 3.05) is 26.2 Å². The summed E-state index contributed by atoms with van der Waals surface area (Å²) in [6.45, 7) is 3.30. The van der Waals surface area contributed by atoms with Crippen molar-refractivity contribution in [1.82, 2.24) is 9.62 Å². The summed E-state index contributed by atoms with van der Waals surface area (Å²) in [4.78, 5) is 2.41. The van der Waals surface area contributed by atoms with Crippen LogP contribution in [0.25, 0.3) is 0 Å². The minimum Gasteiger partial charge on any atom is -0.302 e. The number of hydrogen-bond donors (Lipinski definition) is 1. The summed E-state index contributed by atoms with van der Waals surface area (Å²) in [7, 11) is -3.49. The number of likely N-dealkylation sites (tertiary alicyclic amines) is 1. The average molecular weight is 289 g/mol. The van der Waals surface area contributed by atoms with Crippen molar-refractivity contribution in [3.8, 4) is 0 Å². The van der Waals surface area contributed by atoms with Gasteiger partial charge in [0.15, 0.2) is 0 Å². The van der Waals surface area contributed by atoms with E-state index in [2.05, 4.69) is 9.62 Å². The summed E-state index contributed by atoms with van der Waals surface area (Å²) in [6, 6.07) is 6.48. The Hall–Kier alpha value is -0.620. The minimum absolute atomic E-state index is 0.146. The molecule has 2 rings (SSSR count). The lowest BCUT2D eigenvalue weighted by Gasteiger charge is -2.15. The maximum Gasteiger partial charge on any atom is 0.242 e. The monoisotopic (exact) mass is 288 g/mol. The normalized spacial score (nSPS) is 17.2. The van der Waals surface area contributed by atoms with E-state index in [-0.39, 0.29) is 9.92 Å². The van der Waals surface area contributed by atoms with Gasteiger partial charge in [0.2, 0.25) is 10.0 Å². The number of hydrogen-bond acceptors (Lipinski definition) is 3. The van der Waals surface area contributed by atoms with Crippen LogP contribution in [0.2, 0.25) is 5.02 Å². The predicted octanol–water partition coefficient (Wildman–Crippen LogP) is 1.71. The van der Waals surface area contributed by atoms with E-state index >= 15 is 0 Å². The van der Waals surface area contributed by atoms with E-state index in [0.29, 0.717) is 6.54 Å². The lowest BCUT2D eigenvalue weighted by Crippen LogP contribution is -2.33. The molecule has 1 fully saturated rings. The van der Waals surface area contributed by atoms with E-state index in [9.17, 15) is 8.42 Å². The molecule has 1 aromatic carbocycles. The Morgan fingerprint density at radius 1 is 1.22 bits per heavy atom. The molecule has 0 atom stereocenters. The third-order valence-corrected chi connectivity index (χ3v) is 5.01. The molecular formula is C12H17ClN2O2S. The van der Waals surface area contributed by atoms with Gasteiger partial charge in [-0.25, -0.2) is 13.1 Å². The van der Waals surface area contributed by atoms with Crippen LogP contribution in [0.5, 0.6) is 0 Å². The summed E-state index contributed by atoms with van der Waals surface area (Å²) in [5.41, 5.74) is 0. The zero-order chi connectivity index (χ0) is 13.0. The van der Waals surface area contributed by atoms with Crippen LogP contribution >= 0.6 is 11.6 Å². The smallest absolute Gasteiger partial charge is 0.242 e. The molecule has 0 amide bonds. The number of halogens is 1. The first-order valence-electron chi connectivity index (χ1n) is 6.06. The van der Waals surface area contributed by atoms with Gasteiger partial charge in [-0.05, 0) is 38.1 Å². The third kappa shape index (κ3) is 3.45. The van der Waals surface area contributed by atoms with Gasteiger partial charge >= 0.3 is 0 Å². The average Bonchev–Trinajstić information content (AvgIpc) is 2.82. The van der Waals surface area contributed by atoms with Crippen molar-refractivity contribution >= 4 is 21.6 Å². The maximum atomic E-state index is 12.0. The molecule has 0 radical (unpaired) electrons. The van der Waals surface area contributed by atoms with Gasteiger partial charge in [0.25, 0.3) is 0 Å². The summed E-state index contributed by atoms with van der Waals surface area (Å²) in [5.74, 6) is 0. The molecule has 0 aliphatic carbocycles. The summed E-state index contributed by atoms with van der Waals surface area (Å²) in [6.07, 6.45) is 2.41. The van der Waals surface area contributed by atoms with Gasteiger partial charge in [0.05, 0.1) is 5.02 Å². The fraction of sp³-hybridized carbons (Fsp3) is 0.500. The van der Waals surface area contributed by atoms with Crippen molar-refractivity contribution in [1.29, 1.82) is 0 Å². The lowest BCUT2D eigenvalue weighted by molar-refractivity contribution is 0.344. The van der Waals surface area contributed by atoms with Crippen LogP contribution in [0.1, 0.15) is 12.8 Å². The highest BCUT2D eigenvalue weighted by Gasteiger charge is 2.17. The third-order valence-electron chi connectivity index (χ3n) is 3.04. The van der Waals surface area contributed by atoms with Gasteiger partial charge in [0.1, 0.15) is 4.90 Å². The van der Waals surface area contributed by atoms with Crippen LogP contribution in [-0.4, -0.2) is 39.5 Å². The van der Waals surface area contributed by atoms with Gasteiger partial charge in [-0.2, -0.15) is 0 Å². The van der Waals surface area contributed by atoms with Crippen molar-refractivity contribution in [2.45, 2.75) is 17.7 Å². The second-order valence-corrected chi connectivity index (χ2v) is 6.52. The topological polar surface area (TPSA) is 49.4 Å². The molecule has 18 heavy (non-hydrogen) atoms. The number of nitrogens with zero attached hydrogens (tertiary/aromatic N) is 1. The molecule has 0 spiro atoms. The van der Waals surface area contributed by atoms with Gasteiger partial charge in [-0.15, -0.1) is 0 Å². The van der Waals surface area contributed by atoms with Crippen LogP contribution in [0.3, 0.4) is 0 Å². The van der Waals surface area contributed by atoms with Crippen LogP contribution in [0.15, 0.2) is 29.2 Å². The van der Waals surface area contributed by atoms with Gasteiger partial charge in [0, 0.05) is 13.1 Å². The molecule has 0 aromatic heterocycles. The maximum absolute atomic E-state index is 12.0. The fourth-order valence-corrected chi connectivity index (χ4v) is 3.62. The first kappa shape index (κ1) is 13.8. The summed E-state index contributed by atoms with van der Waals surface area (Å²) in [5, 5.41) is 0.256. The van der Waals surface area contributed by atoms with Crippen LogP contribution in [0.4, 0.5) is 0 Å². The van der Waals surface area contributed by atoms with Crippen molar-refractivity contribution in [3.63, 3.8) is 0 Å². The molecular weight excluding hydrogens is 272 g/mol. The summed E-state index contributed by atoms with van der Waals surface area (Å²) < 4.78 is 26.6. The van der Waals surface area contributed by atoms with E-state index in [1.54, 1.807) is 18.2 Å². The Morgan fingerprint density at radius 2 is 1.89 bits per heavy atom. The number of nitrogens with one attached hydrogen (secondary N) is 1. The van der Waals surface area contributed by atoms with Crippen LogP contribution in [-0.2, 0) is 10.0 Å². The molecule has 1 aliphatic rings. The minimum atomic E-state index is -3.49. The summed E-state index contributed by atoms with van der Waals surface area (Å²) >= 11 is 5.89. The number of benzene rings is 1. The molecule has 1 saturated heterocycles. The highest BCUT2D eigenvalue weighted by molar-refractivity contribution is 7.89. The van der Waals surface area contributed by atoms with E-state index < -0.39 is 10.0 Å². The molecule has 1 N–H and O–H groups in total.